The monoisotopic (exact) mass is 1240 g/mol. The molecule has 3 aliphatic carbocycles. The highest BCUT2D eigenvalue weighted by atomic mass is 32.1. The Morgan fingerprint density at radius 2 is 0.865 bits per heavy atom. The van der Waals surface area contributed by atoms with Crippen molar-refractivity contribution in [2.45, 2.75) is 38.9 Å². The lowest BCUT2D eigenvalue weighted by Crippen LogP contribution is -2.27. The van der Waals surface area contributed by atoms with Gasteiger partial charge in [-0.1, -0.05) is 24.3 Å². The van der Waals surface area contributed by atoms with Gasteiger partial charge in [-0.25, -0.2) is 9.97 Å². The second-order valence-electron chi connectivity index (χ2n) is 21.9. The van der Waals surface area contributed by atoms with Gasteiger partial charge in [0.25, 0.3) is 0 Å². The highest BCUT2D eigenvalue weighted by Gasteiger charge is 2.42. The van der Waals surface area contributed by atoms with Crippen LogP contribution < -0.4 is 9.47 Å². The van der Waals surface area contributed by atoms with Gasteiger partial charge in [0, 0.05) is 86.3 Å². The van der Waals surface area contributed by atoms with Crippen molar-refractivity contribution in [3.05, 3.63) is 172 Å². The third-order valence-electron chi connectivity index (χ3n) is 16.2. The van der Waals surface area contributed by atoms with Gasteiger partial charge in [0.15, 0.2) is 11.6 Å². The summed E-state index contributed by atoms with van der Waals surface area (Å²) in [4.78, 5) is 59.4. The van der Waals surface area contributed by atoms with Crippen LogP contribution in [0.25, 0.3) is 97.0 Å². The van der Waals surface area contributed by atoms with Gasteiger partial charge in [0.2, 0.25) is 5.78 Å². The van der Waals surface area contributed by atoms with Crippen LogP contribution in [-0.2, 0) is 11.2 Å². The number of ether oxygens (including phenoxy) is 2. The van der Waals surface area contributed by atoms with E-state index in [1.54, 1.807) is 36.4 Å². The van der Waals surface area contributed by atoms with Crippen LogP contribution >= 0.6 is 57.1 Å². The normalized spacial score (nSPS) is 15.5. The molecular formula is C67H26N12O5S5. The summed E-state index contributed by atoms with van der Waals surface area (Å²) < 4.78 is 23.5. The average Bonchev–Trinajstić information content (AvgIpc) is 1.62. The zero-order valence-electron chi connectivity index (χ0n) is 46.0. The zero-order valence-corrected chi connectivity index (χ0v) is 50.1. The van der Waals surface area contributed by atoms with E-state index in [-0.39, 0.29) is 89.4 Å². The molecule has 0 fully saturated rings. The quantitative estimate of drug-likeness (QED) is 0.117. The van der Waals surface area contributed by atoms with Crippen LogP contribution in [0, 0.1) is 90.6 Å². The molecule has 414 valence electrons. The minimum absolute atomic E-state index is 0.00157. The molecule has 89 heavy (non-hydrogen) atoms. The van der Waals surface area contributed by atoms with Crippen LogP contribution in [0.15, 0.2) is 95.1 Å². The molecule has 0 spiro atoms. The molecule has 0 radical (unpaired) electrons. The van der Waals surface area contributed by atoms with Gasteiger partial charge >= 0.3 is 0 Å². The summed E-state index contributed by atoms with van der Waals surface area (Å²) >= 11 is 6.62. The van der Waals surface area contributed by atoms with E-state index in [4.69, 9.17) is 28.2 Å². The summed E-state index contributed by atoms with van der Waals surface area (Å²) in [6.07, 6.45) is 3.20. The second-order valence-corrected chi connectivity index (χ2v) is 26.7. The van der Waals surface area contributed by atoms with Crippen molar-refractivity contribution >= 4 is 120 Å². The van der Waals surface area contributed by atoms with Crippen LogP contribution in [0.5, 0.6) is 11.5 Å². The molecule has 2 aliphatic heterocycles. The van der Waals surface area contributed by atoms with E-state index in [1.165, 1.54) is 69.6 Å². The first-order valence-electron chi connectivity index (χ1n) is 26.7. The Hall–Kier alpha value is -11.7. The van der Waals surface area contributed by atoms with Gasteiger partial charge < -0.3 is 9.47 Å². The number of hydrogen-bond donors (Lipinski definition) is 0. The van der Waals surface area contributed by atoms with Crippen LogP contribution in [0.3, 0.4) is 0 Å². The van der Waals surface area contributed by atoms with Gasteiger partial charge in [-0.2, -0.15) is 50.8 Å². The summed E-state index contributed by atoms with van der Waals surface area (Å²) in [5.41, 5.74) is 4.74. The number of ketones is 3. The highest BCUT2D eigenvalue weighted by Crippen LogP contribution is 2.59. The number of rotatable bonds is 4. The summed E-state index contributed by atoms with van der Waals surface area (Å²) in [7, 11) is 0. The minimum atomic E-state index is -0.929. The first-order valence-corrected chi connectivity index (χ1v) is 30.7. The van der Waals surface area contributed by atoms with E-state index < -0.39 is 22.8 Å². The first-order chi connectivity index (χ1) is 43.0. The van der Waals surface area contributed by atoms with E-state index in [1.807, 2.05) is 101 Å². The fourth-order valence-corrected chi connectivity index (χ4v) is 17.8. The first kappa shape index (κ1) is 54.0. The maximum Gasteiger partial charge on any atom is 0.214 e. The Labute approximate surface area is 523 Å². The van der Waals surface area contributed by atoms with Crippen LogP contribution in [-0.4, -0.2) is 36.1 Å². The molecule has 4 aromatic carbocycles. The molecule has 0 unspecified atom stereocenters. The van der Waals surface area contributed by atoms with Crippen LogP contribution in [0.1, 0.15) is 119 Å². The van der Waals surface area contributed by atoms with E-state index in [2.05, 4.69) is 0 Å². The number of hydrogen-bond acceptors (Lipinski definition) is 22. The number of carbonyl (C=O) groups is 3. The fraction of sp³-hybridized carbons (Fsp3) is 0.0896. The number of nitriles is 8. The van der Waals surface area contributed by atoms with E-state index >= 15 is 0 Å². The second kappa shape index (κ2) is 19.2. The summed E-state index contributed by atoms with van der Waals surface area (Å²) in [5, 5.41) is 79.9. The molecule has 15 rings (SSSR count). The number of allylic oxidation sites excluding steroid dienone is 6. The number of thiophene rings is 4. The topological polar surface area (TPSA) is 312 Å². The van der Waals surface area contributed by atoms with Crippen molar-refractivity contribution in [3.63, 3.8) is 0 Å². The predicted octanol–water partition coefficient (Wildman–Crippen LogP) is 14.7. The van der Waals surface area contributed by atoms with Crippen molar-refractivity contribution in [1.29, 1.82) is 42.1 Å². The number of carbonyl (C=O) groups excluding carboxylic acids is 3. The van der Waals surface area contributed by atoms with Gasteiger partial charge in [-0.05, 0) is 99.5 Å². The van der Waals surface area contributed by atoms with Crippen molar-refractivity contribution < 1.29 is 23.9 Å². The molecule has 0 amide bonds. The fourth-order valence-electron chi connectivity index (χ4n) is 12.2. The minimum Gasteiger partial charge on any atom is -0.482 e. The standard InChI is InChI=1S/C67H26N12O5S5/c1-66(2)43-17-47(87-62(43)64-45(83-66)15-33(85-64)13-41-49(31(23-72)24-73)37-9-27(19-68)29(21-70)11-39(37)59(41)80)51-54-55(77-58-53(76-54)35-7-5-6-8-36(35)61(58)82)52(57-56(51)78-89-79-57)48-18-44-63(88-48)65-46(84-67(44,3)4)16-34(86-65)14-42-50(32(25-74)26-75)38-10-28(20-69)30(22-71)12-40(38)60(42)81/h5-18H,1-4H3/b41-13-,42-14-. The molecule has 0 N–H and O–H groups in total. The number of fused-ring (bicyclic) bond motifs is 13. The third-order valence-corrected chi connectivity index (χ3v) is 21.5. The Bertz CT molecular complexity index is 5660. The highest BCUT2D eigenvalue weighted by molar-refractivity contribution is 7.25. The SMILES string of the molecule is CC1(C)Oc2cc(/C=C3\C(=O)c4cc(C#N)c(C#N)cc4C3=C(C#N)C#N)sc2-c2sc(-c3c4nsnc4c(-c4cc5c(s4)-c4sc(/C=C6\C(=O)c7cc(C#N)c(C#N)cc7C6=C(C#N)C#N)cc4OC5(C)C)c4nc5c(nc34)C(=O)c3ccccc3-5)cc21. The Morgan fingerprint density at radius 1 is 0.461 bits per heavy atom. The molecule has 8 heterocycles. The molecule has 0 saturated heterocycles. The molecule has 17 nitrogen and oxygen atoms in total. The molecule has 0 atom stereocenters. The lowest BCUT2D eigenvalue weighted by Gasteiger charge is -2.31. The molecule has 10 aromatic rings. The maximum atomic E-state index is 14.4. The van der Waals surface area contributed by atoms with Gasteiger partial charge in [0.1, 0.15) is 116 Å². The van der Waals surface area contributed by atoms with Crippen molar-refractivity contribution in [2.24, 2.45) is 0 Å². The van der Waals surface area contributed by atoms with Crippen molar-refractivity contribution in [3.8, 4) is 112 Å². The number of aromatic nitrogens is 4. The van der Waals surface area contributed by atoms with Gasteiger partial charge in [0.05, 0.1) is 53.5 Å². The van der Waals surface area contributed by atoms with Gasteiger partial charge in [-0.15, -0.1) is 45.3 Å². The Balaban J connectivity index is 0.891. The summed E-state index contributed by atoms with van der Waals surface area (Å²) in [6, 6.07) is 35.8. The molecule has 0 saturated carbocycles. The molecule has 22 heteroatoms. The third kappa shape index (κ3) is 7.61. The van der Waals surface area contributed by atoms with Crippen LogP contribution in [0.4, 0.5) is 0 Å². The van der Waals surface area contributed by atoms with E-state index in [0.717, 1.165) is 52.1 Å². The van der Waals surface area contributed by atoms with Gasteiger partial charge in [-0.3, -0.25) is 14.4 Å². The molecule has 0 bridgehead atoms. The van der Waals surface area contributed by atoms with E-state index in [0.29, 0.717) is 71.3 Å². The molecule has 6 aromatic heterocycles. The number of nitrogens with zero attached hydrogens (tertiary/aromatic N) is 12. The molecular weight excluding hydrogens is 1210 g/mol. The Kier molecular flexibility index (Phi) is 11.6. The van der Waals surface area contributed by atoms with Crippen molar-refractivity contribution in [1.82, 2.24) is 18.7 Å². The Morgan fingerprint density at radius 3 is 1.28 bits per heavy atom. The van der Waals surface area contributed by atoms with Crippen LogP contribution in [0.2, 0.25) is 0 Å². The van der Waals surface area contributed by atoms with E-state index in [9.17, 15) is 56.5 Å². The maximum absolute atomic E-state index is 14.4. The smallest absolute Gasteiger partial charge is 0.214 e. The summed E-state index contributed by atoms with van der Waals surface area (Å²) in [5.74, 6) is -0.270. The zero-order chi connectivity index (χ0) is 61.9. The average molecular weight is 1240 g/mol. The lowest BCUT2D eigenvalue weighted by atomic mass is 9.93. The predicted molar refractivity (Wildman–Crippen MR) is 333 cm³/mol. The number of Topliss-reactive ketones (excluding diaryl/α,β-unsaturated/α-hetero) is 2. The van der Waals surface area contributed by atoms with Crippen molar-refractivity contribution in [2.75, 3.05) is 0 Å². The number of benzene rings is 4. The molecule has 5 aliphatic rings. The summed E-state index contributed by atoms with van der Waals surface area (Å²) in [6.45, 7) is 7.78. The lowest BCUT2D eigenvalue weighted by molar-refractivity contribution is 0.103. The largest absolute Gasteiger partial charge is 0.482 e.